The number of carbonyl (C=O) groups is 1. The first kappa shape index (κ1) is 18.4. The van der Waals surface area contributed by atoms with Crippen LogP contribution in [0.1, 0.15) is 24.4 Å². The van der Waals surface area contributed by atoms with Gasteiger partial charge in [0.15, 0.2) is 0 Å². The third kappa shape index (κ3) is 4.81. The molecular formula is C19H19FN4O3. The molecule has 0 saturated carbocycles. The molecule has 8 heteroatoms. The average Bonchev–Trinajstić information content (AvgIpc) is 3.18. The molecule has 0 bridgehead atoms. The van der Waals surface area contributed by atoms with Gasteiger partial charge in [0.2, 0.25) is 11.7 Å². The molecule has 7 nitrogen and oxygen atoms in total. The molecule has 0 saturated heterocycles. The number of amides is 2. The second-order valence-electron chi connectivity index (χ2n) is 5.86. The summed E-state index contributed by atoms with van der Waals surface area (Å²) < 4.78 is 23.3. The molecule has 0 aliphatic rings. The zero-order chi connectivity index (χ0) is 19.2. The van der Waals surface area contributed by atoms with E-state index in [1.807, 2.05) is 24.3 Å². The van der Waals surface area contributed by atoms with E-state index in [9.17, 15) is 9.18 Å². The minimum absolute atomic E-state index is 0.258. The van der Waals surface area contributed by atoms with Crippen molar-refractivity contribution in [3.05, 3.63) is 65.8 Å². The predicted octanol–water partition coefficient (Wildman–Crippen LogP) is 3.44. The predicted molar refractivity (Wildman–Crippen MR) is 96.5 cm³/mol. The molecule has 140 valence electrons. The molecule has 0 spiro atoms. The first-order valence-electron chi connectivity index (χ1n) is 8.32. The van der Waals surface area contributed by atoms with E-state index in [-0.39, 0.29) is 17.7 Å². The lowest BCUT2D eigenvalue weighted by Gasteiger charge is -2.11. The highest BCUT2D eigenvalue weighted by Crippen LogP contribution is 2.19. The Kier molecular flexibility index (Phi) is 5.65. The maximum Gasteiger partial charge on any atom is 0.315 e. The van der Waals surface area contributed by atoms with Crippen molar-refractivity contribution in [2.24, 2.45) is 0 Å². The highest BCUT2D eigenvalue weighted by Gasteiger charge is 2.17. The molecule has 27 heavy (non-hydrogen) atoms. The zero-order valence-electron chi connectivity index (χ0n) is 14.9. The first-order valence-corrected chi connectivity index (χ1v) is 8.32. The minimum Gasteiger partial charge on any atom is -0.497 e. The van der Waals surface area contributed by atoms with Crippen molar-refractivity contribution in [1.29, 1.82) is 0 Å². The average molecular weight is 370 g/mol. The van der Waals surface area contributed by atoms with Gasteiger partial charge in [-0.15, -0.1) is 0 Å². The molecule has 0 aliphatic heterocycles. The van der Waals surface area contributed by atoms with Gasteiger partial charge >= 0.3 is 6.03 Å². The molecule has 0 aliphatic carbocycles. The molecule has 1 unspecified atom stereocenters. The first-order chi connectivity index (χ1) is 13.0. The number of ether oxygens (including phenoxy) is 1. The Bertz CT molecular complexity index is 894. The number of methoxy groups -OCH3 is 1. The quantitative estimate of drug-likeness (QED) is 0.694. The smallest absolute Gasteiger partial charge is 0.315 e. The topological polar surface area (TPSA) is 89.3 Å². The van der Waals surface area contributed by atoms with Gasteiger partial charge in [0, 0.05) is 12.1 Å². The number of carbonyl (C=O) groups excluding carboxylic acids is 1. The van der Waals surface area contributed by atoms with Crippen LogP contribution in [-0.2, 0) is 6.54 Å². The van der Waals surface area contributed by atoms with Gasteiger partial charge in [-0.3, -0.25) is 0 Å². The minimum atomic E-state index is -0.484. The summed E-state index contributed by atoms with van der Waals surface area (Å²) in [7, 11) is 1.60. The fourth-order valence-corrected chi connectivity index (χ4v) is 2.36. The number of urea groups is 1. The van der Waals surface area contributed by atoms with Gasteiger partial charge in [0.25, 0.3) is 0 Å². The third-order valence-corrected chi connectivity index (χ3v) is 3.87. The number of nitrogens with zero attached hydrogens (tertiary/aromatic N) is 2. The third-order valence-electron chi connectivity index (χ3n) is 3.87. The van der Waals surface area contributed by atoms with E-state index in [1.165, 1.54) is 12.1 Å². The van der Waals surface area contributed by atoms with Gasteiger partial charge in [0.05, 0.1) is 7.11 Å². The van der Waals surface area contributed by atoms with Crippen molar-refractivity contribution in [3.8, 4) is 17.1 Å². The molecule has 2 aromatic carbocycles. The molecule has 1 heterocycles. The second kappa shape index (κ2) is 8.31. The SMILES string of the molecule is COc1ccc(CNC(=O)NC(C)c2nc(-c3ccc(F)cc3)no2)cc1. The van der Waals surface area contributed by atoms with E-state index in [4.69, 9.17) is 9.26 Å². The van der Waals surface area contributed by atoms with Gasteiger partial charge in [-0.25, -0.2) is 9.18 Å². The summed E-state index contributed by atoms with van der Waals surface area (Å²) in [6.07, 6.45) is 0. The van der Waals surface area contributed by atoms with Gasteiger partial charge < -0.3 is 19.9 Å². The second-order valence-corrected chi connectivity index (χ2v) is 5.86. The summed E-state index contributed by atoms with van der Waals surface area (Å²) in [5.74, 6) is 1.00. The largest absolute Gasteiger partial charge is 0.497 e. The Morgan fingerprint density at radius 2 is 1.89 bits per heavy atom. The Morgan fingerprint density at radius 3 is 2.56 bits per heavy atom. The molecule has 3 rings (SSSR count). The van der Waals surface area contributed by atoms with E-state index in [2.05, 4.69) is 20.8 Å². The summed E-state index contributed by atoms with van der Waals surface area (Å²) >= 11 is 0. The van der Waals surface area contributed by atoms with Crippen LogP contribution in [0.5, 0.6) is 5.75 Å². The van der Waals surface area contributed by atoms with Crippen LogP contribution >= 0.6 is 0 Å². The summed E-state index contributed by atoms with van der Waals surface area (Å²) in [4.78, 5) is 16.3. The zero-order valence-corrected chi connectivity index (χ0v) is 14.9. The molecule has 0 fully saturated rings. The number of hydrogen-bond acceptors (Lipinski definition) is 5. The van der Waals surface area contributed by atoms with Gasteiger partial charge in [0.1, 0.15) is 17.6 Å². The monoisotopic (exact) mass is 370 g/mol. The van der Waals surface area contributed by atoms with Crippen LogP contribution in [0.4, 0.5) is 9.18 Å². The van der Waals surface area contributed by atoms with E-state index >= 15 is 0 Å². The van der Waals surface area contributed by atoms with Crippen molar-refractivity contribution in [2.45, 2.75) is 19.5 Å². The highest BCUT2D eigenvalue weighted by atomic mass is 19.1. The standard InChI is InChI=1S/C19H19FN4O3/c1-12(18-23-17(24-27-18)14-5-7-15(20)8-6-14)22-19(25)21-11-13-3-9-16(26-2)10-4-13/h3-10,12H,11H2,1-2H3,(H2,21,22,25). The van der Waals surface area contributed by atoms with E-state index < -0.39 is 6.04 Å². The Balaban J connectivity index is 1.54. The van der Waals surface area contributed by atoms with Gasteiger partial charge in [-0.1, -0.05) is 17.3 Å². The van der Waals surface area contributed by atoms with Gasteiger partial charge in [-0.05, 0) is 48.9 Å². The number of aromatic nitrogens is 2. The molecule has 3 aromatic rings. The number of benzene rings is 2. The lowest BCUT2D eigenvalue weighted by molar-refractivity contribution is 0.233. The Labute approximate surface area is 155 Å². The van der Waals surface area contributed by atoms with Crippen LogP contribution in [0, 0.1) is 5.82 Å². The maximum absolute atomic E-state index is 13.0. The molecule has 2 amide bonds. The molecule has 1 atom stereocenters. The summed E-state index contributed by atoms with van der Waals surface area (Å²) in [6, 6.07) is 12.3. The summed E-state index contributed by atoms with van der Waals surface area (Å²) in [5, 5.41) is 9.35. The van der Waals surface area contributed by atoms with Crippen LogP contribution in [0.25, 0.3) is 11.4 Å². The molecule has 1 aromatic heterocycles. The highest BCUT2D eigenvalue weighted by molar-refractivity contribution is 5.74. The lowest BCUT2D eigenvalue weighted by atomic mass is 10.2. The molecule has 0 radical (unpaired) electrons. The number of rotatable bonds is 6. The van der Waals surface area contributed by atoms with Crippen LogP contribution in [0.15, 0.2) is 53.1 Å². The number of nitrogens with one attached hydrogen (secondary N) is 2. The van der Waals surface area contributed by atoms with Crippen molar-refractivity contribution in [1.82, 2.24) is 20.8 Å². The number of hydrogen-bond donors (Lipinski definition) is 2. The Morgan fingerprint density at radius 1 is 1.19 bits per heavy atom. The van der Waals surface area contributed by atoms with E-state index in [0.717, 1.165) is 11.3 Å². The van der Waals surface area contributed by atoms with Crippen molar-refractivity contribution < 1.29 is 18.4 Å². The summed E-state index contributed by atoms with van der Waals surface area (Å²) in [6.45, 7) is 2.10. The fourth-order valence-electron chi connectivity index (χ4n) is 2.36. The van der Waals surface area contributed by atoms with Crippen LogP contribution in [-0.4, -0.2) is 23.3 Å². The Hall–Kier alpha value is -3.42. The normalized spacial score (nSPS) is 11.7. The molecular weight excluding hydrogens is 351 g/mol. The van der Waals surface area contributed by atoms with Crippen molar-refractivity contribution >= 4 is 6.03 Å². The van der Waals surface area contributed by atoms with Crippen LogP contribution < -0.4 is 15.4 Å². The van der Waals surface area contributed by atoms with E-state index in [0.29, 0.717) is 17.9 Å². The van der Waals surface area contributed by atoms with Gasteiger partial charge in [-0.2, -0.15) is 4.98 Å². The number of halogens is 1. The fraction of sp³-hybridized carbons (Fsp3) is 0.211. The maximum atomic E-state index is 13.0. The summed E-state index contributed by atoms with van der Waals surface area (Å²) in [5.41, 5.74) is 1.57. The van der Waals surface area contributed by atoms with E-state index in [1.54, 1.807) is 26.2 Å². The van der Waals surface area contributed by atoms with Crippen LogP contribution in [0.2, 0.25) is 0 Å². The van der Waals surface area contributed by atoms with Crippen molar-refractivity contribution in [3.63, 3.8) is 0 Å². The molecule has 2 N–H and O–H groups in total. The van der Waals surface area contributed by atoms with Crippen molar-refractivity contribution in [2.75, 3.05) is 7.11 Å². The lowest BCUT2D eigenvalue weighted by Crippen LogP contribution is -2.36. The van der Waals surface area contributed by atoms with Crippen LogP contribution in [0.3, 0.4) is 0 Å².